The van der Waals surface area contributed by atoms with Crippen molar-refractivity contribution in [3.63, 3.8) is 0 Å². The van der Waals surface area contributed by atoms with Gasteiger partial charge in [-0.25, -0.2) is 4.98 Å². The van der Waals surface area contributed by atoms with E-state index < -0.39 is 0 Å². The van der Waals surface area contributed by atoms with Crippen molar-refractivity contribution in [2.75, 3.05) is 27.7 Å². The van der Waals surface area contributed by atoms with Crippen LogP contribution in [0.3, 0.4) is 0 Å². The molecule has 0 bridgehead atoms. The monoisotopic (exact) mass is 458 g/mol. The average molecular weight is 458 g/mol. The van der Waals surface area contributed by atoms with Crippen LogP contribution in [-0.2, 0) is 20.0 Å². The zero-order valence-corrected chi connectivity index (χ0v) is 17.8. The highest BCUT2D eigenvalue weighted by molar-refractivity contribution is 14.0. The molecule has 7 nitrogen and oxygen atoms in total. The number of benzene rings is 1. The first kappa shape index (κ1) is 21.2. The molecule has 1 aromatic carbocycles. The molecule has 2 rings (SSSR count). The maximum Gasteiger partial charge on any atom is 0.193 e. The van der Waals surface area contributed by atoms with Gasteiger partial charge >= 0.3 is 0 Å². The van der Waals surface area contributed by atoms with Crippen LogP contribution in [0.4, 0.5) is 0 Å². The minimum absolute atomic E-state index is 0. The van der Waals surface area contributed by atoms with Gasteiger partial charge in [-0.05, 0) is 30.5 Å². The summed E-state index contributed by atoms with van der Waals surface area (Å²) in [7, 11) is 7.36. The lowest BCUT2D eigenvalue weighted by atomic mass is 10.1. The lowest BCUT2D eigenvalue weighted by Gasteiger charge is -2.21. The number of ether oxygens (including phenoxy) is 1. The van der Waals surface area contributed by atoms with Crippen molar-refractivity contribution < 1.29 is 4.74 Å². The lowest BCUT2D eigenvalue weighted by Crippen LogP contribution is -2.39. The Bertz CT molecular complexity index is 700. The van der Waals surface area contributed by atoms with Crippen molar-refractivity contribution in [1.82, 2.24) is 25.0 Å². The van der Waals surface area contributed by atoms with Crippen molar-refractivity contribution >= 4 is 29.9 Å². The van der Waals surface area contributed by atoms with Gasteiger partial charge in [-0.15, -0.1) is 24.0 Å². The zero-order valence-electron chi connectivity index (χ0n) is 15.5. The van der Waals surface area contributed by atoms with Crippen LogP contribution in [0.1, 0.15) is 17.0 Å². The average Bonchev–Trinajstić information content (AvgIpc) is 2.97. The first-order chi connectivity index (χ1) is 11.5. The molecule has 1 aromatic heterocycles. The van der Waals surface area contributed by atoms with E-state index in [1.54, 1.807) is 25.2 Å². The molecule has 0 spiro atoms. The summed E-state index contributed by atoms with van der Waals surface area (Å²) in [5.74, 6) is 2.65. The predicted molar refractivity (Wildman–Crippen MR) is 111 cm³/mol. The molecular formula is C17H27IN6O. The van der Waals surface area contributed by atoms with Crippen LogP contribution >= 0.6 is 24.0 Å². The van der Waals surface area contributed by atoms with Gasteiger partial charge < -0.3 is 15.0 Å². The molecule has 0 saturated carbocycles. The largest absolute Gasteiger partial charge is 0.496 e. The number of nitrogens with one attached hydrogen (secondary N) is 1. The number of methoxy groups -OCH3 is 1. The summed E-state index contributed by atoms with van der Waals surface area (Å²) < 4.78 is 7.14. The number of halogens is 1. The normalized spacial score (nSPS) is 11.0. The second-order valence-electron chi connectivity index (χ2n) is 5.68. The molecule has 0 fully saturated rings. The van der Waals surface area contributed by atoms with E-state index in [1.807, 2.05) is 25.9 Å². The number of aliphatic imine (C=N–C) groups is 1. The number of nitrogens with zero attached hydrogens (tertiary/aromatic N) is 5. The first-order valence-electron chi connectivity index (χ1n) is 7.93. The molecule has 0 atom stereocenters. The molecule has 8 heteroatoms. The fourth-order valence-electron chi connectivity index (χ4n) is 2.47. The van der Waals surface area contributed by atoms with Gasteiger partial charge in [-0.1, -0.05) is 12.1 Å². The molecule has 0 saturated heterocycles. The first-order valence-corrected chi connectivity index (χ1v) is 7.93. The zero-order chi connectivity index (χ0) is 17.5. The molecular weight excluding hydrogens is 431 g/mol. The molecule has 2 aromatic rings. The number of hydrogen-bond donors (Lipinski definition) is 1. The van der Waals surface area contributed by atoms with Crippen LogP contribution in [0.25, 0.3) is 0 Å². The summed E-state index contributed by atoms with van der Waals surface area (Å²) in [5.41, 5.74) is 2.38. The van der Waals surface area contributed by atoms with E-state index in [0.717, 1.165) is 36.1 Å². The second-order valence-corrected chi connectivity index (χ2v) is 5.68. The third-order valence-electron chi connectivity index (χ3n) is 3.93. The van der Waals surface area contributed by atoms with E-state index in [4.69, 9.17) is 4.74 Å². The highest BCUT2D eigenvalue weighted by Gasteiger charge is 2.09. The van der Waals surface area contributed by atoms with Crippen LogP contribution in [-0.4, -0.2) is 53.4 Å². The van der Waals surface area contributed by atoms with Crippen LogP contribution in [0, 0.1) is 6.92 Å². The SMILES string of the molecule is CN=C(NCCc1ccc(C)c(OC)c1)N(C)Cc1ncnn1C.I. The van der Waals surface area contributed by atoms with Crippen LogP contribution in [0.2, 0.25) is 0 Å². The highest BCUT2D eigenvalue weighted by Crippen LogP contribution is 2.19. The van der Waals surface area contributed by atoms with Gasteiger partial charge in [0.15, 0.2) is 5.96 Å². The van der Waals surface area contributed by atoms with Gasteiger partial charge in [0.05, 0.1) is 13.7 Å². The maximum atomic E-state index is 5.37. The number of guanidine groups is 1. The van der Waals surface area contributed by atoms with Gasteiger partial charge in [-0.3, -0.25) is 9.67 Å². The lowest BCUT2D eigenvalue weighted by molar-refractivity contribution is 0.411. The summed E-state index contributed by atoms with van der Waals surface area (Å²) in [6.07, 6.45) is 2.46. The van der Waals surface area contributed by atoms with Gasteiger partial charge in [0.25, 0.3) is 0 Å². The van der Waals surface area contributed by atoms with Crippen molar-refractivity contribution in [3.05, 3.63) is 41.5 Å². The Hall–Kier alpha value is -1.84. The van der Waals surface area contributed by atoms with E-state index in [-0.39, 0.29) is 24.0 Å². The van der Waals surface area contributed by atoms with Crippen LogP contribution in [0.15, 0.2) is 29.5 Å². The van der Waals surface area contributed by atoms with E-state index in [0.29, 0.717) is 6.54 Å². The molecule has 1 N–H and O–H groups in total. The van der Waals surface area contributed by atoms with Crippen LogP contribution < -0.4 is 10.1 Å². The Labute approximate surface area is 166 Å². The molecule has 1 heterocycles. The van der Waals surface area contributed by atoms with Crippen molar-refractivity contribution in [2.45, 2.75) is 19.9 Å². The van der Waals surface area contributed by atoms with Crippen LogP contribution in [0.5, 0.6) is 5.75 Å². The molecule has 0 aliphatic heterocycles. The molecule has 0 radical (unpaired) electrons. The maximum absolute atomic E-state index is 5.37. The van der Waals surface area contributed by atoms with Crippen molar-refractivity contribution in [2.24, 2.45) is 12.0 Å². The number of aromatic nitrogens is 3. The smallest absolute Gasteiger partial charge is 0.193 e. The van der Waals surface area contributed by atoms with E-state index >= 15 is 0 Å². The fourth-order valence-corrected chi connectivity index (χ4v) is 2.47. The standard InChI is InChI=1S/C17H26N6O.HI/c1-13-6-7-14(10-15(13)24-5)8-9-19-17(18-2)22(3)11-16-20-12-21-23(16)4;/h6-7,10,12H,8-9,11H2,1-5H3,(H,18,19);1H. The summed E-state index contributed by atoms with van der Waals surface area (Å²) in [6, 6.07) is 6.30. The molecule has 25 heavy (non-hydrogen) atoms. The van der Waals surface area contributed by atoms with Crippen molar-refractivity contribution in [1.29, 1.82) is 0 Å². The summed E-state index contributed by atoms with van der Waals surface area (Å²) in [6.45, 7) is 3.49. The second kappa shape index (κ2) is 10.2. The Balaban J connectivity index is 0.00000312. The topological polar surface area (TPSA) is 67.6 Å². The molecule has 0 aliphatic carbocycles. The minimum atomic E-state index is 0. The van der Waals surface area contributed by atoms with Gasteiger partial charge in [0, 0.05) is 27.7 Å². The number of aryl methyl sites for hydroxylation is 2. The van der Waals surface area contributed by atoms with E-state index in [2.05, 4.69) is 38.6 Å². The third-order valence-corrected chi connectivity index (χ3v) is 3.93. The van der Waals surface area contributed by atoms with Gasteiger partial charge in [0.2, 0.25) is 0 Å². The fraction of sp³-hybridized carbons (Fsp3) is 0.471. The third kappa shape index (κ3) is 5.87. The van der Waals surface area contributed by atoms with Gasteiger partial charge in [0.1, 0.15) is 17.9 Å². The Morgan fingerprint density at radius 3 is 2.76 bits per heavy atom. The Morgan fingerprint density at radius 2 is 2.16 bits per heavy atom. The van der Waals surface area contributed by atoms with Crippen molar-refractivity contribution in [3.8, 4) is 5.75 Å². The number of hydrogen-bond acceptors (Lipinski definition) is 4. The summed E-state index contributed by atoms with van der Waals surface area (Å²) in [4.78, 5) is 10.6. The van der Waals surface area contributed by atoms with E-state index in [9.17, 15) is 0 Å². The minimum Gasteiger partial charge on any atom is -0.496 e. The molecule has 138 valence electrons. The van der Waals surface area contributed by atoms with E-state index in [1.165, 1.54) is 5.56 Å². The Morgan fingerprint density at radius 1 is 1.40 bits per heavy atom. The van der Waals surface area contributed by atoms with Gasteiger partial charge in [-0.2, -0.15) is 5.10 Å². The number of rotatable bonds is 6. The summed E-state index contributed by atoms with van der Waals surface area (Å²) >= 11 is 0. The highest BCUT2D eigenvalue weighted by atomic mass is 127. The molecule has 0 unspecified atom stereocenters. The quantitative estimate of drug-likeness (QED) is 0.408. The molecule has 0 amide bonds. The summed E-state index contributed by atoms with van der Waals surface area (Å²) in [5, 5.41) is 7.47. The predicted octanol–water partition coefficient (Wildman–Crippen LogP) is 2.00. The molecule has 0 aliphatic rings. The Kier molecular flexibility index (Phi) is 8.67.